The Bertz CT molecular complexity index is 900. The summed E-state index contributed by atoms with van der Waals surface area (Å²) in [5, 5.41) is 0. The first-order valence-corrected chi connectivity index (χ1v) is 8.22. The minimum Gasteiger partial charge on any atom is -0.485 e. The van der Waals surface area contributed by atoms with Gasteiger partial charge < -0.3 is 4.74 Å². The molecule has 0 saturated carbocycles. The van der Waals surface area contributed by atoms with Gasteiger partial charge >= 0.3 is 0 Å². The second kappa shape index (κ2) is 6.80. The van der Waals surface area contributed by atoms with E-state index >= 15 is 0 Å². The molecule has 0 aliphatic carbocycles. The number of imidazole rings is 1. The summed E-state index contributed by atoms with van der Waals surface area (Å²) in [7, 11) is 0. The maximum Gasteiger partial charge on any atom is 0.180 e. The fraction of sp³-hybridized carbons (Fsp3) is 0.286. The van der Waals surface area contributed by atoms with Crippen LogP contribution in [0, 0.1) is 19.3 Å². The van der Waals surface area contributed by atoms with E-state index < -0.39 is 0 Å². The summed E-state index contributed by atoms with van der Waals surface area (Å²) < 4.78 is 8.13. The van der Waals surface area contributed by atoms with E-state index in [2.05, 4.69) is 49.0 Å². The van der Waals surface area contributed by atoms with Gasteiger partial charge in [0.25, 0.3) is 0 Å². The lowest BCUT2D eigenvalue weighted by Crippen LogP contribution is -2.02. The highest BCUT2D eigenvalue weighted by Gasteiger charge is 2.13. The number of nitrogens with zero attached hydrogens (tertiary/aromatic N) is 2. The van der Waals surface area contributed by atoms with Crippen LogP contribution in [0.15, 0.2) is 42.6 Å². The number of aryl methyl sites for hydroxylation is 1. The Balaban J connectivity index is 1.92. The van der Waals surface area contributed by atoms with Crippen LogP contribution < -0.4 is 4.74 Å². The minimum absolute atomic E-state index is 0.469. The standard InChI is InChI=1S/C21H22N2O/c1-5-9-19-16(4)22-21-20(12-8-13-23(19)21)24-14-17-10-6-7-11-18(17)15(2)3/h1,6-8,10-13,15H,9,14H2,2-4H3. The molecule has 2 aromatic heterocycles. The van der Waals surface area contributed by atoms with Crippen molar-refractivity contribution in [2.45, 2.75) is 39.7 Å². The Morgan fingerprint density at radius 1 is 1.21 bits per heavy atom. The second-order valence-electron chi connectivity index (χ2n) is 6.23. The molecule has 3 heteroatoms. The number of hydrogen-bond acceptors (Lipinski definition) is 2. The zero-order valence-corrected chi connectivity index (χ0v) is 14.4. The van der Waals surface area contributed by atoms with Crippen molar-refractivity contribution < 1.29 is 4.74 Å². The first-order chi connectivity index (χ1) is 11.6. The Morgan fingerprint density at radius 2 is 2.00 bits per heavy atom. The molecule has 3 aromatic rings. The number of fused-ring (bicyclic) bond motifs is 1. The average Bonchev–Trinajstić information content (AvgIpc) is 2.90. The van der Waals surface area contributed by atoms with Crippen molar-refractivity contribution in [3.05, 3.63) is 65.1 Å². The molecule has 0 aliphatic heterocycles. The molecule has 122 valence electrons. The van der Waals surface area contributed by atoms with Crippen LogP contribution >= 0.6 is 0 Å². The molecule has 0 radical (unpaired) electrons. The average molecular weight is 318 g/mol. The summed E-state index contributed by atoms with van der Waals surface area (Å²) in [4.78, 5) is 4.64. The van der Waals surface area contributed by atoms with Gasteiger partial charge in [-0.15, -0.1) is 12.3 Å². The van der Waals surface area contributed by atoms with Crippen LogP contribution in [0.4, 0.5) is 0 Å². The predicted molar refractivity (Wildman–Crippen MR) is 97.3 cm³/mol. The van der Waals surface area contributed by atoms with Gasteiger partial charge in [0.15, 0.2) is 11.4 Å². The monoisotopic (exact) mass is 318 g/mol. The van der Waals surface area contributed by atoms with Crippen molar-refractivity contribution in [1.29, 1.82) is 0 Å². The molecule has 0 unspecified atom stereocenters. The predicted octanol–water partition coefficient (Wildman–Crippen LogP) is 4.52. The van der Waals surface area contributed by atoms with E-state index in [0.29, 0.717) is 18.9 Å². The maximum atomic E-state index is 6.11. The highest BCUT2D eigenvalue weighted by Crippen LogP contribution is 2.25. The lowest BCUT2D eigenvalue weighted by atomic mass is 9.98. The highest BCUT2D eigenvalue weighted by atomic mass is 16.5. The number of pyridine rings is 1. The largest absolute Gasteiger partial charge is 0.485 e. The summed E-state index contributed by atoms with van der Waals surface area (Å²) in [5.74, 6) is 3.95. The fourth-order valence-corrected chi connectivity index (χ4v) is 3.01. The molecule has 0 N–H and O–H groups in total. The third-order valence-electron chi connectivity index (χ3n) is 4.24. The van der Waals surface area contributed by atoms with Crippen LogP contribution in [-0.4, -0.2) is 9.38 Å². The topological polar surface area (TPSA) is 26.5 Å². The van der Waals surface area contributed by atoms with Gasteiger partial charge in [-0.1, -0.05) is 38.1 Å². The van der Waals surface area contributed by atoms with E-state index in [1.54, 1.807) is 0 Å². The Labute approximate surface area is 143 Å². The molecule has 3 nitrogen and oxygen atoms in total. The molecule has 0 aliphatic rings. The molecule has 0 saturated heterocycles. The number of benzene rings is 1. The van der Waals surface area contributed by atoms with Crippen LogP contribution in [0.3, 0.4) is 0 Å². The normalized spacial score (nSPS) is 11.0. The highest BCUT2D eigenvalue weighted by molar-refractivity contribution is 5.56. The Hall–Kier alpha value is -2.73. The lowest BCUT2D eigenvalue weighted by molar-refractivity contribution is 0.306. The molecule has 0 spiro atoms. The molecule has 24 heavy (non-hydrogen) atoms. The maximum absolute atomic E-state index is 6.11. The van der Waals surface area contributed by atoms with Crippen molar-refractivity contribution in [2.75, 3.05) is 0 Å². The minimum atomic E-state index is 0.469. The van der Waals surface area contributed by atoms with Gasteiger partial charge in [0.2, 0.25) is 0 Å². The van der Waals surface area contributed by atoms with Gasteiger partial charge in [-0.25, -0.2) is 4.98 Å². The number of hydrogen-bond donors (Lipinski definition) is 0. The molecule has 2 heterocycles. The van der Waals surface area contributed by atoms with E-state index in [4.69, 9.17) is 11.2 Å². The van der Waals surface area contributed by atoms with Gasteiger partial charge in [-0.2, -0.15) is 0 Å². The second-order valence-corrected chi connectivity index (χ2v) is 6.23. The summed E-state index contributed by atoms with van der Waals surface area (Å²) in [5.41, 5.74) is 5.34. The lowest BCUT2D eigenvalue weighted by Gasteiger charge is -2.14. The number of terminal acetylenes is 1. The third-order valence-corrected chi connectivity index (χ3v) is 4.24. The molecule has 0 atom stereocenters. The van der Waals surface area contributed by atoms with Gasteiger partial charge in [-0.05, 0) is 36.1 Å². The number of ether oxygens (including phenoxy) is 1. The zero-order chi connectivity index (χ0) is 17.1. The summed E-state index contributed by atoms with van der Waals surface area (Å²) in [6.45, 7) is 6.91. The molecular formula is C21H22N2O. The zero-order valence-electron chi connectivity index (χ0n) is 14.4. The third kappa shape index (κ3) is 3.00. The molecule has 1 aromatic carbocycles. The van der Waals surface area contributed by atoms with Crippen molar-refractivity contribution in [3.8, 4) is 18.1 Å². The van der Waals surface area contributed by atoms with E-state index in [1.165, 1.54) is 11.1 Å². The summed E-state index contributed by atoms with van der Waals surface area (Å²) >= 11 is 0. The molecule has 0 fully saturated rings. The SMILES string of the molecule is C#CCc1c(C)nc2c(OCc3ccccc3C(C)C)cccn12. The van der Waals surface area contributed by atoms with Crippen LogP contribution in [0.1, 0.15) is 42.3 Å². The Morgan fingerprint density at radius 3 is 2.75 bits per heavy atom. The van der Waals surface area contributed by atoms with Gasteiger partial charge in [-0.3, -0.25) is 4.40 Å². The van der Waals surface area contributed by atoms with Crippen LogP contribution in [0.5, 0.6) is 5.75 Å². The van der Waals surface area contributed by atoms with Crippen LogP contribution in [0.25, 0.3) is 5.65 Å². The van der Waals surface area contributed by atoms with Crippen molar-refractivity contribution in [2.24, 2.45) is 0 Å². The molecular weight excluding hydrogens is 296 g/mol. The Kier molecular flexibility index (Phi) is 4.57. The van der Waals surface area contributed by atoms with Gasteiger partial charge in [0.05, 0.1) is 17.8 Å². The van der Waals surface area contributed by atoms with E-state index in [1.807, 2.05) is 29.7 Å². The van der Waals surface area contributed by atoms with Gasteiger partial charge in [0.1, 0.15) is 6.61 Å². The van der Waals surface area contributed by atoms with E-state index in [0.717, 1.165) is 22.8 Å². The van der Waals surface area contributed by atoms with Crippen molar-refractivity contribution in [3.63, 3.8) is 0 Å². The quantitative estimate of drug-likeness (QED) is 0.647. The summed E-state index contributed by atoms with van der Waals surface area (Å²) in [6.07, 6.45) is 8.02. The van der Waals surface area contributed by atoms with Crippen LogP contribution in [0.2, 0.25) is 0 Å². The summed E-state index contributed by atoms with van der Waals surface area (Å²) in [6, 6.07) is 12.3. The molecule has 0 bridgehead atoms. The van der Waals surface area contributed by atoms with Gasteiger partial charge in [0, 0.05) is 6.20 Å². The van der Waals surface area contributed by atoms with Crippen LogP contribution in [-0.2, 0) is 13.0 Å². The van der Waals surface area contributed by atoms with Crippen molar-refractivity contribution >= 4 is 5.65 Å². The molecule has 3 rings (SSSR count). The van der Waals surface area contributed by atoms with E-state index in [9.17, 15) is 0 Å². The molecule has 0 amide bonds. The van der Waals surface area contributed by atoms with Crippen molar-refractivity contribution in [1.82, 2.24) is 9.38 Å². The fourth-order valence-electron chi connectivity index (χ4n) is 3.01. The number of rotatable bonds is 5. The first kappa shape index (κ1) is 16.1. The van der Waals surface area contributed by atoms with E-state index in [-0.39, 0.29) is 0 Å². The number of aromatic nitrogens is 2. The first-order valence-electron chi connectivity index (χ1n) is 8.22. The smallest absolute Gasteiger partial charge is 0.180 e.